The Morgan fingerprint density at radius 2 is 1.53 bits per heavy atom. The number of hydrogen-bond donors (Lipinski definition) is 3. The van der Waals surface area contributed by atoms with E-state index >= 15 is 0 Å². The molecule has 0 radical (unpaired) electrons. The largest absolute Gasteiger partial charge is 0.326 e. The van der Waals surface area contributed by atoms with Crippen LogP contribution in [0.25, 0.3) is 0 Å². The molecule has 0 spiro atoms. The first-order valence-corrected chi connectivity index (χ1v) is 6.32. The molecule has 1 aromatic carbocycles. The molecule has 0 saturated heterocycles. The monoisotopic (exact) mass is 264 g/mol. The van der Waals surface area contributed by atoms with Crippen molar-refractivity contribution in [3.05, 3.63) is 29.3 Å². The van der Waals surface area contributed by atoms with Crippen LogP contribution in [-0.4, -0.2) is 17.0 Å². The van der Waals surface area contributed by atoms with Gasteiger partial charge in [0.05, 0.1) is 0 Å². The van der Waals surface area contributed by atoms with Gasteiger partial charge in [-0.1, -0.05) is 6.07 Å². The second-order valence-corrected chi connectivity index (χ2v) is 4.67. The third kappa shape index (κ3) is 6.01. The predicted octanol–water partition coefficient (Wildman–Crippen LogP) is 2.31. The summed E-state index contributed by atoms with van der Waals surface area (Å²) in [4.78, 5) is 22.4. The zero-order valence-corrected chi connectivity index (χ0v) is 11.3. The molecule has 0 aliphatic rings. The van der Waals surface area contributed by atoms with Crippen LogP contribution in [0.1, 0.15) is 36.8 Å². The molecule has 104 valence electrons. The fourth-order valence-electron chi connectivity index (χ4n) is 1.90. The van der Waals surface area contributed by atoms with E-state index in [9.17, 15) is 9.59 Å². The molecule has 5 heteroatoms. The van der Waals surface area contributed by atoms with Gasteiger partial charge in [-0.15, -0.1) is 0 Å². The van der Waals surface area contributed by atoms with Gasteiger partial charge in [0.2, 0.25) is 11.8 Å². The van der Waals surface area contributed by atoms with E-state index in [4.69, 9.17) is 5.21 Å². The van der Waals surface area contributed by atoms with Crippen molar-refractivity contribution in [3.63, 3.8) is 0 Å². The van der Waals surface area contributed by atoms with Gasteiger partial charge in [-0.05, 0) is 49.9 Å². The highest BCUT2D eigenvalue weighted by Gasteiger charge is 2.04. The minimum absolute atomic E-state index is 0.0607. The van der Waals surface area contributed by atoms with Crippen LogP contribution < -0.4 is 10.8 Å². The van der Waals surface area contributed by atoms with E-state index in [1.807, 2.05) is 32.0 Å². The summed E-state index contributed by atoms with van der Waals surface area (Å²) in [6.07, 6.45) is 1.79. The predicted molar refractivity (Wildman–Crippen MR) is 72.9 cm³/mol. The first kappa shape index (κ1) is 15.2. The molecule has 5 nitrogen and oxygen atoms in total. The Morgan fingerprint density at radius 1 is 1.00 bits per heavy atom. The van der Waals surface area contributed by atoms with Gasteiger partial charge < -0.3 is 5.32 Å². The molecule has 3 N–H and O–H groups in total. The zero-order chi connectivity index (χ0) is 14.3. The third-order valence-electron chi connectivity index (χ3n) is 2.69. The third-order valence-corrected chi connectivity index (χ3v) is 2.69. The van der Waals surface area contributed by atoms with Crippen molar-refractivity contribution in [3.8, 4) is 0 Å². The van der Waals surface area contributed by atoms with Crippen molar-refractivity contribution in [2.24, 2.45) is 0 Å². The molecule has 0 fully saturated rings. The lowest BCUT2D eigenvalue weighted by Crippen LogP contribution is -2.18. The molecule has 1 aromatic rings. The normalized spacial score (nSPS) is 10.1. The van der Waals surface area contributed by atoms with Gasteiger partial charge in [0.25, 0.3) is 0 Å². The van der Waals surface area contributed by atoms with E-state index in [0.717, 1.165) is 16.8 Å². The Bertz CT molecular complexity index is 438. The maximum atomic E-state index is 11.7. The Hall–Kier alpha value is -1.88. The van der Waals surface area contributed by atoms with Gasteiger partial charge in [-0.25, -0.2) is 5.48 Å². The standard InChI is InChI=1S/C14H20N2O3/c1-10-7-11(2)9-12(8-10)15-13(17)5-3-4-6-14(18)16-19/h7-9,19H,3-6H2,1-2H3,(H,15,17)(H,16,18). The molecule has 0 heterocycles. The van der Waals surface area contributed by atoms with Crippen LogP contribution in [0, 0.1) is 13.8 Å². The van der Waals surface area contributed by atoms with Crippen LogP contribution in [0.2, 0.25) is 0 Å². The number of nitrogens with one attached hydrogen (secondary N) is 2. The number of benzene rings is 1. The number of rotatable bonds is 6. The molecular formula is C14H20N2O3. The molecule has 0 atom stereocenters. The van der Waals surface area contributed by atoms with E-state index in [1.165, 1.54) is 0 Å². The maximum absolute atomic E-state index is 11.7. The fraction of sp³-hybridized carbons (Fsp3) is 0.429. The number of hydroxylamine groups is 1. The number of carbonyl (C=O) groups is 2. The average Bonchev–Trinajstić information content (AvgIpc) is 2.33. The van der Waals surface area contributed by atoms with Crippen molar-refractivity contribution < 1.29 is 14.8 Å². The lowest BCUT2D eigenvalue weighted by molar-refractivity contribution is -0.129. The number of carbonyl (C=O) groups excluding carboxylic acids is 2. The number of hydrogen-bond acceptors (Lipinski definition) is 3. The minimum Gasteiger partial charge on any atom is -0.326 e. The fourth-order valence-corrected chi connectivity index (χ4v) is 1.90. The Labute approximate surface area is 113 Å². The summed E-state index contributed by atoms with van der Waals surface area (Å²) in [5, 5.41) is 11.1. The Kier molecular flexibility index (Phi) is 6.02. The lowest BCUT2D eigenvalue weighted by Gasteiger charge is -2.07. The van der Waals surface area contributed by atoms with E-state index in [2.05, 4.69) is 5.32 Å². The highest BCUT2D eigenvalue weighted by atomic mass is 16.5. The molecule has 1 rings (SSSR count). The topological polar surface area (TPSA) is 78.4 Å². The molecule has 19 heavy (non-hydrogen) atoms. The van der Waals surface area contributed by atoms with Crippen LogP contribution in [0.3, 0.4) is 0 Å². The molecule has 2 amide bonds. The smallest absolute Gasteiger partial charge is 0.243 e. The van der Waals surface area contributed by atoms with E-state index in [-0.39, 0.29) is 12.3 Å². The zero-order valence-electron chi connectivity index (χ0n) is 11.3. The van der Waals surface area contributed by atoms with Gasteiger partial charge in [0, 0.05) is 18.5 Å². The molecular weight excluding hydrogens is 244 g/mol. The van der Waals surface area contributed by atoms with Crippen molar-refractivity contribution in [2.45, 2.75) is 39.5 Å². The molecule has 0 unspecified atom stereocenters. The first-order valence-electron chi connectivity index (χ1n) is 6.32. The molecule has 0 aliphatic heterocycles. The van der Waals surface area contributed by atoms with Crippen LogP contribution in [-0.2, 0) is 9.59 Å². The average molecular weight is 264 g/mol. The first-order chi connectivity index (χ1) is 9.01. The summed E-state index contributed by atoms with van der Waals surface area (Å²) in [5.74, 6) is -0.482. The van der Waals surface area contributed by atoms with Crippen molar-refractivity contribution in [1.29, 1.82) is 0 Å². The number of amides is 2. The Balaban J connectivity index is 2.33. The Morgan fingerprint density at radius 3 is 2.05 bits per heavy atom. The molecule has 0 saturated carbocycles. The SMILES string of the molecule is Cc1cc(C)cc(NC(=O)CCCCC(=O)NO)c1. The summed E-state index contributed by atoms with van der Waals surface area (Å²) in [5.41, 5.74) is 4.58. The lowest BCUT2D eigenvalue weighted by atomic mass is 10.1. The van der Waals surface area contributed by atoms with E-state index in [0.29, 0.717) is 19.3 Å². The summed E-state index contributed by atoms with van der Waals surface area (Å²) in [6.45, 7) is 3.96. The second kappa shape index (κ2) is 7.53. The molecule has 0 aromatic heterocycles. The number of aryl methyl sites for hydroxylation is 2. The van der Waals surface area contributed by atoms with Crippen molar-refractivity contribution >= 4 is 17.5 Å². The number of anilines is 1. The highest BCUT2D eigenvalue weighted by molar-refractivity contribution is 5.90. The quantitative estimate of drug-likeness (QED) is 0.419. The van der Waals surface area contributed by atoms with Crippen molar-refractivity contribution in [2.75, 3.05) is 5.32 Å². The van der Waals surface area contributed by atoms with E-state index in [1.54, 1.807) is 5.48 Å². The molecule has 0 bridgehead atoms. The van der Waals surface area contributed by atoms with E-state index < -0.39 is 5.91 Å². The van der Waals surface area contributed by atoms with Crippen LogP contribution >= 0.6 is 0 Å². The van der Waals surface area contributed by atoms with Gasteiger partial charge in [0.15, 0.2) is 0 Å². The van der Waals surface area contributed by atoms with Crippen LogP contribution in [0.15, 0.2) is 18.2 Å². The molecule has 0 aliphatic carbocycles. The van der Waals surface area contributed by atoms with Crippen LogP contribution in [0.4, 0.5) is 5.69 Å². The summed E-state index contributed by atoms with van der Waals surface area (Å²) in [6, 6.07) is 5.89. The van der Waals surface area contributed by atoms with Gasteiger partial charge in [-0.2, -0.15) is 0 Å². The minimum atomic E-state index is -0.422. The highest BCUT2D eigenvalue weighted by Crippen LogP contribution is 2.14. The van der Waals surface area contributed by atoms with Crippen LogP contribution in [0.5, 0.6) is 0 Å². The van der Waals surface area contributed by atoms with Crippen molar-refractivity contribution in [1.82, 2.24) is 5.48 Å². The summed E-state index contributed by atoms with van der Waals surface area (Å²) < 4.78 is 0. The second-order valence-electron chi connectivity index (χ2n) is 4.67. The van der Waals surface area contributed by atoms with Gasteiger partial charge in [0.1, 0.15) is 0 Å². The van der Waals surface area contributed by atoms with Gasteiger partial charge >= 0.3 is 0 Å². The maximum Gasteiger partial charge on any atom is 0.243 e. The van der Waals surface area contributed by atoms with Gasteiger partial charge in [-0.3, -0.25) is 14.8 Å². The summed E-state index contributed by atoms with van der Waals surface area (Å²) in [7, 11) is 0. The number of unbranched alkanes of at least 4 members (excludes halogenated alkanes) is 1. The summed E-state index contributed by atoms with van der Waals surface area (Å²) >= 11 is 0.